The highest BCUT2D eigenvalue weighted by molar-refractivity contribution is 5.91. The average Bonchev–Trinajstić information content (AvgIpc) is 3.34. The predicted octanol–water partition coefficient (Wildman–Crippen LogP) is 4.15. The van der Waals surface area contributed by atoms with Crippen molar-refractivity contribution in [3.63, 3.8) is 0 Å². The van der Waals surface area contributed by atoms with Gasteiger partial charge in [-0.05, 0) is 43.3 Å². The summed E-state index contributed by atoms with van der Waals surface area (Å²) in [7, 11) is 0. The summed E-state index contributed by atoms with van der Waals surface area (Å²) in [5.74, 6) is -3.49. The zero-order valence-corrected chi connectivity index (χ0v) is 22.5. The Morgan fingerprint density at radius 3 is 1.71 bits per heavy atom. The molecule has 0 aliphatic carbocycles. The van der Waals surface area contributed by atoms with E-state index in [1.807, 2.05) is 0 Å². The predicted molar refractivity (Wildman–Crippen MR) is 143 cm³/mol. The fraction of sp³-hybridized carbons (Fsp3) is 0.323. The quantitative estimate of drug-likeness (QED) is 0.278. The summed E-state index contributed by atoms with van der Waals surface area (Å²) in [5.41, 5.74) is 0.878. The van der Waals surface area contributed by atoms with E-state index in [0.717, 1.165) is 0 Å². The Kier molecular flexibility index (Phi) is 8.75. The van der Waals surface area contributed by atoms with Crippen molar-refractivity contribution < 1.29 is 47.5 Å². The monoisotopic (exact) mass is 562 g/mol. The van der Waals surface area contributed by atoms with Crippen LogP contribution in [0.5, 0.6) is 0 Å². The molecular formula is C31H30O10. The highest BCUT2D eigenvalue weighted by atomic mass is 16.9. The van der Waals surface area contributed by atoms with Crippen LogP contribution in [0.1, 0.15) is 44.9 Å². The first-order chi connectivity index (χ1) is 19.9. The first-order valence-corrected chi connectivity index (χ1v) is 13.3. The number of fused-ring (bicyclic) bond motifs is 1. The van der Waals surface area contributed by atoms with Crippen molar-refractivity contribution in [1.82, 2.24) is 0 Å². The van der Waals surface area contributed by atoms with Crippen LogP contribution in [0.2, 0.25) is 0 Å². The maximum Gasteiger partial charge on any atom is 0.338 e. The molecule has 2 aliphatic rings. The molecule has 0 aromatic heterocycles. The van der Waals surface area contributed by atoms with Crippen molar-refractivity contribution >= 4 is 17.9 Å². The van der Waals surface area contributed by atoms with Crippen LogP contribution in [-0.4, -0.2) is 67.8 Å². The van der Waals surface area contributed by atoms with Crippen LogP contribution in [0.25, 0.3) is 0 Å². The van der Waals surface area contributed by atoms with Crippen LogP contribution < -0.4 is 0 Å². The average molecular weight is 563 g/mol. The Labute approximate surface area is 237 Å². The third-order valence-corrected chi connectivity index (χ3v) is 6.57. The molecule has 41 heavy (non-hydrogen) atoms. The minimum Gasteiger partial charge on any atom is -0.459 e. The van der Waals surface area contributed by atoms with Gasteiger partial charge < -0.3 is 28.4 Å². The number of rotatable bonds is 9. The van der Waals surface area contributed by atoms with Crippen molar-refractivity contribution in [2.45, 2.75) is 50.5 Å². The summed E-state index contributed by atoms with van der Waals surface area (Å²) in [6.45, 7) is 3.25. The zero-order chi connectivity index (χ0) is 28.8. The smallest absolute Gasteiger partial charge is 0.338 e. The van der Waals surface area contributed by atoms with E-state index < -0.39 is 54.6 Å². The molecule has 2 saturated heterocycles. The van der Waals surface area contributed by atoms with Crippen LogP contribution in [0, 0.1) is 0 Å². The van der Waals surface area contributed by atoms with Gasteiger partial charge in [0.15, 0.2) is 24.6 Å². The SMILES string of the molecule is CCOC1(C)O[C@@H]2O[C@H](COC(=O)c3ccccc3)[C@@H](OC(=O)c3ccccc3)[C@H](OC(=O)c3ccccc3)[C@H]2O1. The van der Waals surface area contributed by atoms with E-state index >= 15 is 0 Å². The minimum absolute atomic E-state index is 0.259. The molecule has 1 unspecified atom stereocenters. The van der Waals surface area contributed by atoms with E-state index in [2.05, 4.69) is 0 Å². The standard InChI is InChI=1S/C31H30O10/c1-3-36-31(2)40-26-25(39-29(34)22-17-11-6-12-18-22)24(38-28(33)21-15-9-5-10-16-21)23(37-30(26)41-31)19-35-27(32)20-13-7-4-8-14-20/h4-18,23-26,30H,3,19H2,1-2H3/t23-,24-,25+,26-,30+,31?/m1/s1. The van der Waals surface area contributed by atoms with Gasteiger partial charge in [-0.1, -0.05) is 54.6 Å². The fourth-order valence-electron chi connectivity index (χ4n) is 4.67. The number of carbonyl (C=O) groups excluding carboxylic acids is 3. The summed E-state index contributed by atoms with van der Waals surface area (Å²) >= 11 is 0. The van der Waals surface area contributed by atoms with Gasteiger partial charge in [-0.3, -0.25) is 4.74 Å². The lowest BCUT2D eigenvalue weighted by molar-refractivity contribution is -0.342. The van der Waals surface area contributed by atoms with E-state index in [9.17, 15) is 14.4 Å². The summed E-state index contributed by atoms with van der Waals surface area (Å²) in [6.07, 6.45) is -5.66. The van der Waals surface area contributed by atoms with Gasteiger partial charge in [0.1, 0.15) is 12.7 Å². The van der Waals surface area contributed by atoms with Gasteiger partial charge in [-0.15, -0.1) is 0 Å². The summed E-state index contributed by atoms with van der Waals surface area (Å²) in [6, 6.07) is 25.1. The van der Waals surface area contributed by atoms with Gasteiger partial charge in [0, 0.05) is 13.5 Å². The lowest BCUT2D eigenvalue weighted by Gasteiger charge is -2.41. The molecule has 0 bridgehead atoms. The van der Waals surface area contributed by atoms with Crippen molar-refractivity contribution in [1.29, 1.82) is 0 Å². The van der Waals surface area contributed by atoms with Crippen LogP contribution in [-0.2, 0) is 33.2 Å². The van der Waals surface area contributed by atoms with Crippen molar-refractivity contribution in [3.8, 4) is 0 Å². The lowest BCUT2D eigenvalue weighted by atomic mass is 9.98. The van der Waals surface area contributed by atoms with Crippen molar-refractivity contribution in [2.75, 3.05) is 13.2 Å². The number of esters is 3. The van der Waals surface area contributed by atoms with Gasteiger partial charge in [0.2, 0.25) is 0 Å². The third kappa shape index (κ3) is 6.63. The second-order valence-electron chi connectivity index (χ2n) is 9.48. The van der Waals surface area contributed by atoms with E-state index in [1.165, 1.54) is 0 Å². The third-order valence-electron chi connectivity index (χ3n) is 6.57. The maximum absolute atomic E-state index is 13.2. The topological polar surface area (TPSA) is 116 Å². The molecule has 3 aromatic carbocycles. The number of hydrogen-bond donors (Lipinski definition) is 0. The van der Waals surface area contributed by atoms with E-state index in [0.29, 0.717) is 5.56 Å². The fourth-order valence-corrected chi connectivity index (χ4v) is 4.67. The molecule has 0 saturated carbocycles. The van der Waals surface area contributed by atoms with E-state index in [1.54, 1.807) is 105 Å². The molecule has 3 aromatic rings. The van der Waals surface area contributed by atoms with E-state index in [4.69, 9.17) is 33.2 Å². The largest absolute Gasteiger partial charge is 0.459 e. The van der Waals surface area contributed by atoms with Gasteiger partial charge >= 0.3 is 17.9 Å². The molecule has 0 amide bonds. The second kappa shape index (κ2) is 12.6. The molecule has 10 nitrogen and oxygen atoms in total. The molecule has 0 spiro atoms. The Hall–Kier alpha value is -4.09. The summed E-state index contributed by atoms with van der Waals surface area (Å²) < 4.78 is 41.1. The highest BCUT2D eigenvalue weighted by Gasteiger charge is 2.59. The Balaban J connectivity index is 1.46. The normalized spacial score (nSPS) is 26.9. The Morgan fingerprint density at radius 2 is 1.20 bits per heavy atom. The van der Waals surface area contributed by atoms with Crippen LogP contribution in [0.4, 0.5) is 0 Å². The number of benzene rings is 3. The first-order valence-electron chi connectivity index (χ1n) is 13.3. The number of ether oxygens (including phenoxy) is 7. The number of carbonyl (C=O) groups is 3. The lowest BCUT2D eigenvalue weighted by Crippen LogP contribution is -2.60. The highest BCUT2D eigenvalue weighted by Crippen LogP contribution is 2.40. The Bertz CT molecular complexity index is 1330. The molecule has 2 fully saturated rings. The number of hydrogen-bond acceptors (Lipinski definition) is 10. The van der Waals surface area contributed by atoms with Crippen LogP contribution >= 0.6 is 0 Å². The van der Waals surface area contributed by atoms with Crippen molar-refractivity contribution in [3.05, 3.63) is 108 Å². The molecule has 6 atom stereocenters. The van der Waals surface area contributed by atoms with Crippen LogP contribution in [0.3, 0.4) is 0 Å². The van der Waals surface area contributed by atoms with Crippen LogP contribution in [0.15, 0.2) is 91.0 Å². The molecule has 0 radical (unpaired) electrons. The molecule has 10 heteroatoms. The van der Waals surface area contributed by atoms with Gasteiger partial charge in [-0.25, -0.2) is 14.4 Å². The van der Waals surface area contributed by atoms with Crippen molar-refractivity contribution in [2.24, 2.45) is 0 Å². The molecule has 2 aliphatic heterocycles. The van der Waals surface area contributed by atoms with E-state index in [-0.39, 0.29) is 24.3 Å². The molecule has 2 heterocycles. The van der Waals surface area contributed by atoms with Gasteiger partial charge in [0.05, 0.1) is 16.7 Å². The molecule has 5 rings (SSSR count). The molecule has 0 N–H and O–H groups in total. The molecular weight excluding hydrogens is 532 g/mol. The summed E-state index contributed by atoms with van der Waals surface area (Å²) in [4.78, 5) is 39.2. The summed E-state index contributed by atoms with van der Waals surface area (Å²) in [5, 5.41) is 0. The van der Waals surface area contributed by atoms with Gasteiger partial charge in [-0.2, -0.15) is 0 Å². The second-order valence-corrected chi connectivity index (χ2v) is 9.48. The maximum atomic E-state index is 13.2. The Morgan fingerprint density at radius 1 is 0.707 bits per heavy atom. The minimum atomic E-state index is -1.52. The zero-order valence-electron chi connectivity index (χ0n) is 22.5. The molecule has 214 valence electrons. The first kappa shape index (κ1) is 28.4. The van der Waals surface area contributed by atoms with Gasteiger partial charge in [0.25, 0.3) is 5.97 Å².